The molecule has 0 amide bonds. The fraction of sp³-hybridized carbons (Fsp3) is 0.200. The summed E-state index contributed by atoms with van der Waals surface area (Å²) in [5.41, 5.74) is 2.93. The van der Waals surface area contributed by atoms with E-state index in [0.29, 0.717) is 4.77 Å². The number of aromatic amines is 1. The molecule has 0 saturated heterocycles. The van der Waals surface area contributed by atoms with Gasteiger partial charge >= 0.3 is 0 Å². The number of aromatic nitrogens is 2. The van der Waals surface area contributed by atoms with E-state index in [1.807, 2.05) is 45.0 Å². The lowest BCUT2D eigenvalue weighted by Crippen LogP contribution is -2.20. The molecule has 0 atom stereocenters. The minimum atomic E-state index is -0.0468. The van der Waals surface area contributed by atoms with Crippen molar-refractivity contribution in [3.05, 3.63) is 55.4 Å². The van der Waals surface area contributed by atoms with Gasteiger partial charge in [0.1, 0.15) is 4.83 Å². The van der Waals surface area contributed by atoms with Crippen molar-refractivity contribution in [2.24, 2.45) is 0 Å². The predicted molar refractivity (Wildman–Crippen MR) is 86.8 cm³/mol. The number of benzene rings is 1. The third-order valence-electron chi connectivity index (χ3n) is 3.52. The molecule has 1 N–H and O–H groups in total. The summed E-state index contributed by atoms with van der Waals surface area (Å²) in [4.78, 5) is 17.9. The van der Waals surface area contributed by atoms with Gasteiger partial charge in [-0.2, -0.15) is 0 Å². The van der Waals surface area contributed by atoms with Crippen LogP contribution >= 0.6 is 23.6 Å². The Balaban J connectivity index is 2.42. The monoisotopic (exact) mass is 302 g/mol. The van der Waals surface area contributed by atoms with Crippen molar-refractivity contribution >= 4 is 33.8 Å². The van der Waals surface area contributed by atoms with E-state index < -0.39 is 0 Å². The van der Waals surface area contributed by atoms with E-state index in [2.05, 4.69) is 4.98 Å². The second-order valence-electron chi connectivity index (χ2n) is 4.89. The summed E-state index contributed by atoms with van der Waals surface area (Å²) in [6.07, 6.45) is 0. The zero-order valence-electron chi connectivity index (χ0n) is 11.5. The fourth-order valence-corrected chi connectivity index (χ4v) is 3.66. The van der Waals surface area contributed by atoms with E-state index in [-0.39, 0.29) is 5.56 Å². The van der Waals surface area contributed by atoms with Crippen molar-refractivity contribution in [3.8, 4) is 5.69 Å². The van der Waals surface area contributed by atoms with Crippen molar-refractivity contribution in [1.29, 1.82) is 0 Å². The topological polar surface area (TPSA) is 37.8 Å². The molecule has 0 aliphatic heterocycles. The van der Waals surface area contributed by atoms with E-state index in [1.165, 1.54) is 0 Å². The van der Waals surface area contributed by atoms with Gasteiger partial charge < -0.3 is 4.98 Å². The number of nitrogens with one attached hydrogen (secondary N) is 1. The minimum absolute atomic E-state index is 0.0468. The maximum Gasteiger partial charge on any atom is 0.267 e. The number of nitrogens with zero attached hydrogens (tertiary/aromatic N) is 1. The Bertz CT molecular complexity index is 914. The van der Waals surface area contributed by atoms with Crippen molar-refractivity contribution in [2.45, 2.75) is 20.8 Å². The highest BCUT2D eigenvalue weighted by molar-refractivity contribution is 7.71. The van der Waals surface area contributed by atoms with Crippen molar-refractivity contribution in [1.82, 2.24) is 9.55 Å². The third kappa shape index (κ3) is 1.94. The second-order valence-corrected chi connectivity index (χ2v) is 6.51. The number of H-pyrrole nitrogens is 1. The second kappa shape index (κ2) is 4.68. The van der Waals surface area contributed by atoms with E-state index in [4.69, 9.17) is 12.2 Å². The molecule has 0 aliphatic rings. The number of fused-ring (bicyclic) bond motifs is 1. The summed E-state index contributed by atoms with van der Waals surface area (Å²) in [7, 11) is 0. The van der Waals surface area contributed by atoms with Gasteiger partial charge in [-0.1, -0.05) is 17.7 Å². The third-order valence-corrected chi connectivity index (χ3v) is 4.93. The van der Waals surface area contributed by atoms with Gasteiger partial charge in [-0.25, -0.2) is 0 Å². The number of rotatable bonds is 1. The lowest BCUT2D eigenvalue weighted by atomic mass is 10.2. The Kier molecular flexibility index (Phi) is 3.11. The number of thiophene rings is 1. The first-order valence-corrected chi connectivity index (χ1v) is 7.53. The Morgan fingerprint density at radius 1 is 1.15 bits per heavy atom. The van der Waals surface area contributed by atoms with Gasteiger partial charge in [0, 0.05) is 4.88 Å². The normalized spacial score (nSPS) is 11.2. The Labute approximate surface area is 125 Å². The lowest BCUT2D eigenvalue weighted by Gasteiger charge is -2.07. The molecule has 3 aromatic rings. The van der Waals surface area contributed by atoms with Crippen LogP contribution in [-0.4, -0.2) is 9.55 Å². The molecular weight excluding hydrogens is 288 g/mol. The first-order chi connectivity index (χ1) is 9.49. The van der Waals surface area contributed by atoms with Gasteiger partial charge in [-0.05, 0) is 50.7 Å². The van der Waals surface area contributed by atoms with E-state index in [0.717, 1.165) is 31.9 Å². The minimum Gasteiger partial charge on any atom is -0.323 e. The quantitative estimate of drug-likeness (QED) is 0.689. The summed E-state index contributed by atoms with van der Waals surface area (Å²) in [5.74, 6) is 0. The first kappa shape index (κ1) is 13.3. The summed E-state index contributed by atoms with van der Waals surface area (Å²) >= 11 is 6.93. The van der Waals surface area contributed by atoms with Crippen LogP contribution in [0.2, 0.25) is 0 Å². The average Bonchev–Trinajstić information content (AvgIpc) is 2.67. The highest BCUT2D eigenvalue weighted by Gasteiger charge is 2.13. The Hall–Kier alpha value is -1.72. The van der Waals surface area contributed by atoms with Crippen LogP contribution in [0.5, 0.6) is 0 Å². The van der Waals surface area contributed by atoms with Crippen LogP contribution in [0.15, 0.2) is 29.1 Å². The molecule has 0 radical (unpaired) electrons. The molecule has 0 saturated carbocycles. The van der Waals surface area contributed by atoms with Crippen LogP contribution in [0.3, 0.4) is 0 Å². The fourth-order valence-electron chi connectivity index (χ4n) is 2.26. The maximum atomic E-state index is 12.8. The number of hydrogen-bond donors (Lipinski definition) is 1. The zero-order valence-corrected chi connectivity index (χ0v) is 13.1. The molecule has 0 fully saturated rings. The largest absolute Gasteiger partial charge is 0.323 e. The van der Waals surface area contributed by atoms with Crippen LogP contribution in [0, 0.1) is 25.5 Å². The predicted octanol–water partition coefficient (Wildman–Crippen LogP) is 4.04. The van der Waals surface area contributed by atoms with Crippen LogP contribution in [-0.2, 0) is 0 Å². The molecule has 0 spiro atoms. The molecule has 20 heavy (non-hydrogen) atoms. The Morgan fingerprint density at radius 3 is 2.45 bits per heavy atom. The van der Waals surface area contributed by atoms with Gasteiger partial charge in [0.2, 0.25) is 0 Å². The Morgan fingerprint density at radius 2 is 1.80 bits per heavy atom. The summed E-state index contributed by atoms with van der Waals surface area (Å²) in [6, 6.07) is 7.79. The first-order valence-electron chi connectivity index (χ1n) is 6.31. The highest BCUT2D eigenvalue weighted by atomic mass is 32.1. The molecular formula is C15H14N2OS2. The number of aryl methyl sites for hydroxylation is 3. The van der Waals surface area contributed by atoms with Gasteiger partial charge in [-0.3, -0.25) is 9.36 Å². The molecule has 5 heteroatoms. The van der Waals surface area contributed by atoms with E-state index >= 15 is 0 Å². The molecule has 0 unspecified atom stereocenters. The van der Waals surface area contributed by atoms with Crippen LogP contribution in [0.1, 0.15) is 16.0 Å². The van der Waals surface area contributed by atoms with Crippen LogP contribution < -0.4 is 5.56 Å². The zero-order chi connectivity index (χ0) is 14.4. The van der Waals surface area contributed by atoms with Gasteiger partial charge in [0.15, 0.2) is 4.77 Å². The molecule has 0 aliphatic carbocycles. The van der Waals surface area contributed by atoms with Gasteiger partial charge in [0.25, 0.3) is 5.56 Å². The SMILES string of the molecule is Cc1ccc(-n2c(=S)[nH]c3sc(C)c(C)c3c2=O)cc1. The van der Waals surface area contributed by atoms with Crippen LogP contribution in [0.4, 0.5) is 0 Å². The lowest BCUT2D eigenvalue weighted by molar-refractivity contribution is 0.941. The highest BCUT2D eigenvalue weighted by Crippen LogP contribution is 2.26. The molecule has 3 nitrogen and oxygen atoms in total. The molecule has 2 aromatic heterocycles. The summed E-state index contributed by atoms with van der Waals surface area (Å²) in [5, 5.41) is 0.738. The summed E-state index contributed by atoms with van der Waals surface area (Å²) in [6.45, 7) is 6.02. The molecule has 3 rings (SSSR count). The number of hydrogen-bond acceptors (Lipinski definition) is 3. The van der Waals surface area contributed by atoms with Gasteiger partial charge in [-0.15, -0.1) is 11.3 Å². The maximum absolute atomic E-state index is 12.8. The standard InChI is InChI=1S/C15H14N2OS2/c1-8-4-6-11(7-5-8)17-14(18)12-9(2)10(3)20-13(12)16-15(17)19/h4-7H,1-3H3,(H,16,19). The average molecular weight is 302 g/mol. The molecule has 0 bridgehead atoms. The summed E-state index contributed by atoms with van der Waals surface area (Å²) < 4.78 is 2.00. The van der Waals surface area contributed by atoms with Crippen LogP contribution in [0.25, 0.3) is 15.9 Å². The smallest absolute Gasteiger partial charge is 0.267 e. The van der Waals surface area contributed by atoms with Crippen molar-refractivity contribution in [2.75, 3.05) is 0 Å². The molecule has 2 heterocycles. The molecule has 102 valence electrons. The van der Waals surface area contributed by atoms with E-state index in [9.17, 15) is 4.79 Å². The van der Waals surface area contributed by atoms with Gasteiger partial charge in [0.05, 0.1) is 11.1 Å². The van der Waals surface area contributed by atoms with E-state index in [1.54, 1.807) is 15.9 Å². The molecule has 1 aromatic carbocycles. The van der Waals surface area contributed by atoms with Crippen molar-refractivity contribution < 1.29 is 0 Å². The van der Waals surface area contributed by atoms with Crippen molar-refractivity contribution in [3.63, 3.8) is 0 Å².